The first kappa shape index (κ1) is 21.9. The molecular formula is C18H24N2O7. The van der Waals surface area contributed by atoms with Gasteiger partial charge in [-0.3, -0.25) is 4.79 Å². The topological polar surface area (TPSA) is 111 Å². The fraction of sp³-hybridized carbons (Fsp3) is 0.444. The quantitative estimate of drug-likeness (QED) is 0.615. The van der Waals surface area contributed by atoms with Crippen molar-refractivity contribution < 1.29 is 33.4 Å². The molecular weight excluding hydrogens is 356 g/mol. The van der Waals surface area contributed by atoms with E-state index in [1.165, 1.54) is 39.5 Å². The lowest BCUT2D eigenvalue weighted by atomic mass is 10.1. The average Bonchev–Trinajstić information content (AvgIpc) is 2.58. The molecule has 1 rings (SSSR count). The van der Waals surface area contributed by atoms with Gasteiger partial charge in [0.1, 0.15) is 12.1 Å². The maximum Gasteiger partial charge on any atom is 0.337 e. The molecule has 9 nitrogen and oxygen atoms in total. The van der Waals surface area contributed by atoms with Crippen LogP contribution in [-0.2, 0) is 19.0 Å². The van der Waals surface area contributed by atoms with E-state index in [1.54, 1.807) is 20.8 Å². The molecule has 9 heteroatoms. The van der Waals surface area contributed by atoms with Gasteiger partial charge >= 0.3 is 23.9 Å². The maximum absolute atomic E-state index is 12.3. The number of hydrogen-bond donors (Lipinski definition) is 1. The zero-order chi connectivity index (χ0) is 20.8. The Bertz CT molecular complexity index is 703. The molecule has 0 unspecified atom stereocenters. The SMILES string of the molecule is COC(=O)c1cc(NC(=O)N(C)CC(=O)OC(C)(C)C)cc(C(=O)OC)c1. The van der Waals surface area contributed by atoms with Gasteiger partial charge in [-0.1, -0.05) is 0 Å². The van der Waals surface area contributed by atoms with E-state index < -0.39 is 29.5 Å². The number of anilines is 1. The van der Waals surface area contributed by atoms with E-state index in [0.29, 0.717) is 0 Å². The fourth-order valence-corrected chi connectivity index (χ4v) is 2.03. The lowest BCUT2D eigenvalue weighted by Crippen LogP contribution is -2.38. The Labute approximate surface area is 157 Å². The van der Waals surface area contributed by atoms with Crippen molar-refractivity contribution in [2.75, 3.05) is 33.1 Å². The number of rotatable bonds is 5. The second-order valence-corrected chi connectivity index (χ2v) is 6.65. The summed E-state index contributed by atoms with van der Waals surface area (Å²) in [5.74, 6) is -1.93. The number of hydrogen-bond acceptors (Lipinski definition) is 7. The van der Waals surface area contributed by atoms with Gasteiger partial charge < -0.3 is 24.4 Å². The van der Waals surface area contributed by atoms with Crippen LogP contribution in [0.25, 0.3) is 0 Å². The number of ether oxygens (including phenoxy) is 3. The Morgan fingerprint density at radius 2 is 1.44 bits per heavy atom. The molecule has 27 heavy (non-hydrogen) atoms. The van der Waals surface area contributed by atoms with Crippen LogP contribution in [-0.4, -0.2) is 62.3 Å². The Morgan fingerprint density at radius 3 is 1.85 bits per heavy atom. The van der Waals surface area contributed by atoms with Crippen LogP contribution in [0.1, 0.15) is 41.5 Å². The van der Waals surface area contributed by atoms with Crippen molar-refractivity contribution in [1.82, 2.24) is 4.90 Å². The number of methoxy groups -OCH3 is 2. The second kappa shape index (κ2) is 9.02. The molecule has 0 atom stereocenters. The number of carbonyl (C=O) groups excluding carboxylic acids is 4. The van der Waals surface area contributed by atoms with Crippen molar-refractivity contribution in [2.45, 2.75) is 26.4 Å². The van der Waals surface area contributed by atoms with Crippen LogP contribution in [0.4, 0.5) is 10.5 Å². The fourth-order valence-electron chi connectivity index (χ4n) is 2.03. The van der Waals surface area contributed by atoms with Crippen molar-refractivity contribution in [3.05, 3.63) is 29.3 Å². The van der Waals surface area contributed by atoms with E-state index in [9.17, 15) is 19.2 Å². The van der Waals surface area contributed by atoms with Crippen LogP contribution in [0.3, 0.4) is 0 Å². The van der Waals surface area contributed by atoms with Gasteiger partial charge in [-0.25, -0.2) is 14.4 Å². The lowest BCUT2D eigenvalue weighted by Gasteiger charge is -2.22. The number of esters is 3. The number of nitrogens with zero attached hydrogens (tertiary/aromatic N) is 1. The van der Waals surface area contributed by atoms with Gasteiger partial charge in [0.2, 0.25) is 0 Å². The lowest BCUT2D eigenvalue weighted by molar-refractivity contribution is -0.155. The summed E-state index contributed by atoms with van der Waals surface area (Å²) in [4.78, 5) is 48.8. The van der Waals surface area contributed by atoms with Crippen molar-refractivity contribution in [1.29, 1.82) is 0 Å². The van der Waals surface area contributed by atoms with Crippen LogP contribution < -0.4 is 5.32 Å². The van der Waals surface area contributed by atoms with Crippen molar-refractivity contribution in [3.8, 4) is 0 Å². The van der Waals surface area contributed by atoms with Crippen LogP contribution in [0.5, 0.6) is 0 Å². The van der Waals surface area contributed by atoms with E-state index in [1.807, 2.05) is 0 Å². The summed E-state index contributed by atoms with van der Waals surface area (Å²) in [6, 6.07) is 3.35. The van der Waals surface area contributed by atoms with Gasteiger partial charge in [0, 0.05) is 12.7 Å². The number of likely N-dealkylation sites (N-methyl/N-ethyl adjacent to an activating group) is 1. The summed E-state index contributed by atoms with van der Waals surface area (Å²) < 4.78 is 14.4. The average molecular weight is 380 g/mol. The molecule has 1 aromatic carbocycles. The molecule has 0 fully saturated rings. The first-order valence-electron chi connectivity index (χ1n) is 8.02. The Balaban J connectivity index is 2.95. The zero-order valence-corrected chi connectivity index (χ0v) is 16.2. The van der Waals surface area contributed by atoms with Crippen LogP contribution in [0.2, 0.25) is 0 Å². The molecule has 0 radical (unpaired) electrons. The van der Waals surface area contributed by atoms with Crippen molar-refractivity contribution in [2.24, 2.45) is 0 Å². The molecule has 0 saturated heterocycles. The summed E-state index contributed by atoms with van der Waals surface area (Å²) in [5, 5.41) is 2.51. The number of carbonyl (C=O) groups is 4. The molecule has 0 aromatic heterocycles. The van der Waals surface area contributed by atoms with Gasteiger partial charge in [-0.15, -0.1) is 0 Å². The van der Waals surface area contributed by atoms with Gasteiger partial charge in [0.05, 0.1) is 25.3 Å². The van der Waals surface area contributed by atoms with E-state index in [2.05, 4.69) is 14.8 Å². The summed E-state index contributed by atoms with van der Waals surface area (Å²) in [5.41, 5.74) is -0.381. The Kier molecular flexibility index (Phi) is 7.33. The molecule has 0 aliphatic carbocycles. The highest BCUT2D eigenvalue weighted by Gasteiger charge is 2.21. The van der Waals surface area contributed by atoms with E-state index in [-0.39, 0.29) is 23.4 Å². The molecule has 1 N–H and O–H groups in total. The third-order valence-corrected chi connectivity index (χ3v) is 3.16. The summed E-state index contributed by atoms with van der Waals surface area (Å²) in [6.45, 7) is 4.89. The molecule has 1 aromatic rings. The largest absolute Gasteiger partial charge is 0.465 e. The highest BCUT2D eigenvalue weighted by atomic mass is 16.6. The molecule has 148 valence electrons. The number of nitrogens with one attached hydrogen (secondary N) is 1. The smallest absolute Gasteiger partial charge is 0.337 e. The van der Waals surface area contributed by atoms with E-state index in [0.717, 1.165) is 4.90 Å². The van der Waals surface area contributed by atoms with E-state index in [4.69, 9.17) is 4.74 Å². The van der Waals surface area contributed by atoms with Crippen molar-refractivity contribution in [3.63, 3.8) is 0 Å². The summed E-state index contributed by atoms with van der Waals surface area (Å²) in [6.07, 6.45) is 0. The maximum atomic E-state index is 12.3. The third-order valence-electron chi connectivity index (χ3n) is 3.16. The second-order valence-electron chi connectivity index (χ2n) is 6.65. The molecule has 0 bridgehead atoms. The van der Waals surface area contributed by atoms with E-state index >= 15 is 0 Å². The minimum Gasteiger partial charge on any atom is -0.465 e. The first-order chi connectivity index (χ1) is 12.5. The number of urea groups is 1. The normalized spacial score (nSPS) is 10.6. The van der Waals surface area contributed by atoms with Crippen LogP contribution >= 0.6 is 0 Å². The predicted octanol–water partition coefficient (Wildman–Crippen LogP) is 2.07. The Morgan fingerprint density at radius 1 is 0.963 bits per heavy atom. The summed E-state index contributed by atoms with van der Waals surface area (Å²) >= 11 is 0. The van der Waals surface area contributed by atoms with Gasteiger partial charge in [0.25, 0.3) is 0 Å². The zero-order valence-electron chi connectivity index (χ0n) is 16.2. The summed E-state index contributed by atoms with van der Waals surface area (Å²) in [7, 11) is 3.80. The minimum absolute atomic E-state index is 0.0606. The highest BCUT2D eigenvalue weighted by Crippen LogP contribution is 2.17. The molecule has 0 aliphatic rings. The monoisotopic (exact) mass is 380 g/mol. The van der Waals surface area contributed by atoms with Crippen LogP contribution in [0.15, 0.2) is 18.2 Å². The number of amides is 2. The molecule has 0 heterocycles. The van der Waals surface area contributed by atoms with Gasteiger partial charge in [-0.05, 0) is 39.0 Å². The van der Waals surface area contributed by atoms with Crippen molar-refractivity contribution >= 4 is 29.6 Å². The molecule has 0 aliphatic heterocycles. The van der Waals surface area contributed by atoms with Gasteiger partial charge in [-0.2, -0.15) is 0 Å². The Hall–Kier alpha value is -3.10. The third kappa shape index (κ3) is 6.96. The van der Waals surface area contributed by atoms with Gasteiger partial charge in [0.15, 0.2) is 0 Å². The van der Waals surface area contributed by atoms with Crippen LogP contribution in [0, 0.1) is 0 Å². The first-order valence-corrected chi connectivity index (χ1v) is 8.02. The molecule has 0 spiro atoms. The highest BCUT2D eigenvalue weighted by molar-refractivity contribution is 5.99. The number of benzene rings is 1. The molecule has 0 saturated carbocycles. The predicted molar refractivity (Wildman–Crippen MR) is 96.6 cm³/mol. The minimum atomic E-state index is -0.682. The molecule has 2 amide bonds. The standard InChI is InChI=1S/C18H24N2O7/c1-18(2,3)27-14(21)10-20(4)17(24)19-13-8-11(15(22)25-5)7-12(9-13)16(23)26-6/h7-9H,10H2,1-6H3,(H,19,24).